The first-order valence-electron chi connectivity index (χ1n) is 7.31. The third kappa shape index (κ3) is 3.85. The first kappa shape index (κ1) is 15.6. The van der Waals surface area contributed by atoms with E-state index in [2.05, 4.69) is 0 Å². The third-order valence-corrected chi connectivity index (χ3v) is 4.12. The van der Waals surface area contributed by atoms with Crippen molar-refractivity contribution >= 4 is 11.9 Å². The Kier molecular flexibility index (Phi) is 5.01. The lowest BCUT2D eigenvalue weighted by atomic mass is 9.84. The molecule has 2 unspecified atom stereocenters. The maximum atomic E-state index is 12.4. The number of aliphatic carboxylic acids is 1. The van der Waals surface area contributed by atoms with Crippen molar-refractivity contribution in [2.75, 3.05) is 13.1 Å². The maximum Gasteiger partial charge on any atom is 0.303 e. The number of piperidine rings is 1. The van der Waals surface area contributed by atoms with E-state index >= 15 is 0 Å². The fourth-order valence-corrected chi connectivity index (χ4v) is 2.86. The molecule has 1 fully saturated rings. The number of amides is 1. The molecule has 1 saturated heterocycles. The van der Waals surface area contributed by atoms with E-state index in [-0.39, 0.29) is 30.7 Å². The van der Waals surface area contributed by atoms with Gasteiger partial charge < -0.3 is 20.2 Å². The normalized spacial score (nSPS) is 20.3. The van der Waals surface area contributed by atoms with E-state index in [9.17, 15) is 9.59 Å². The summed E-state index contributed by atoms with van der Waals surface area (Å²) in [6, 6.07) is 3.36. The standard InChI is InChI=1S/C15H22N2O4/c1-10(7-14(18)19)11-3-2-6-17(9-11)15(20)13-5-4-12(8-16)21-13/h4-5,10-11H,2-3,6-9,16H2,1H3,(H,18,19). The third-order valence-electron chi connectivity index (χ3n) is 4.12. The zero-order chi connectivity index (χ0) is 15.4. The summed E-state index contributed by atoms with van der Waals surface area (Å²) in [5.74, 6) is 0.261. The van der Waals surface area contributed by atoms with Crippen LogP contribution in [0.4, 0.5) is 0 Å². The van der Waals surface area contributed by atoms with Gasteiger partial charge in [-0.1, -0.05) is 6.92 Å². The van der Waals surface area contributed by atoms with Gasteiger partial charge in [0.05, 0.1) is 6.54 Å². The average molecular weight is 294 g/mol. The van der Waals surface area contributed by atoms with Gasteiger partial charge in [-0.2, -0.15) is 0 Å². The molecule has 0 radical (unpaired) electrons. The van der Waals surface area contributed by atoms with Gasteiger partial charge in [-0.05, 0) is 36.8 Å². The molecule has 2 atom stereocenters. The Labute approximate surface area is 123 Å². The fourth-order valence-electron chi connectivity index (χ4n) is 2.86. The quantitative estimate of drug-likeness (QED) is 0.861. The second kappa shape index (κ2) is 6.76. The van der Waals surface area contributed by atoms with Gasteiger partial charge in [-0.15, -0.1) is 0 Å². The summed E-state index contributed by atoms with van der Waals surface area (Å²) < 4.78 is 5.40. The summed E-state index contributed by atoms with van der Waals surface area (Å²) in [7, 11) is 0. The SMILES string of the molecule is CC(CC(=O)O)C1CCCN(C(=O)c2ccc(CN)o2)C1. The number of rotatable bonds is 5. The Morgan fingerprint density at radius 1 is 1.52 bits per heavy atom. The van der Waals surface area contributed by atoms with Gasteiger partial charge in [0.2, 0.25) is 0 Å². The number of nitrogens with zero attached hydrogens (tertiary/aromatic N) is 1. The van der Waals surface area contributed by atoms with E-state index in [1.807, 2.05) is 6.92 Å². The lowest BCUT2D eigenvalue weighted by Crippen LogP contribution is -2.41. The van der Waals surface area contributed by atoms with Gasteiger partial charge in [0.15, 0.2) is 5.76 Å². The molecule has 0 saturated carbocycles. The molecule has 2 rings (SSSR count). The van der Waals surface area contributed by atoms with Gasteiger partial charge in [0.1, 0.15) is 5.76 Å². The van der Waals surface area contributed by atoms with Gasteiger partial charge >= 0.3 is 5.97 Å². The molecule has 1 aromatic rings. The van der Waals surface area contributed by atoms with Crippen LogP contribution in [0.15, 0.2) is 16.5 Å². The van der Waals surface area contributed by atoms with Gasteiger partial charge in [-0.3, -0.25) is 9.59 Å². The van der Waals surface area contributed by atoms with Gasteiger partial charge in [-0.25, -0.2) is 0 Å². The summed E-state index contributed by atoms with van der Waals surface area (Å²) in [5.41, 5.74) is 5.48. The molecule has 1 aliphatic rings. The summed E-state index contributed by atoms with van der Waals surface area (Å²) in [6.07, 6.45) is 2.00. The minimum Gasteiger partial charge on any atom is -0.481 e. The highest BCUT2D eigenvalue weighted by molar-refractivity contribution is 5.91. The number of nitrogens with two attached hydrogens (primary N) is 1. The molecule has 116 valence electrons. The first-order valence-corrected chi connectivity index (χ1v) is 7.31. The molecule has 1 aromatic heterocycles. The van der Waals surface area contributed by atoms with E-state index in [0.29, 0.717) is 24.6 Å². The number of carboxylic acid groups (broad SMARTS) is 1. The van der Waals surface area contributed by atoms with Crippen LogP contribution in [-0.2, 0) is 11.3 Å². The highest BCUT2D eigenvalue weighted by Gasteiger charge is 2.29. The summed E-state index contributed by atoms with van der Waals surface area (Å²) in [4.78, 5) is 25.0. The fraction of sp³-hybridized carbons (Fsp3) is 0.600. The Morgan fingerprint density at radius 2 is 2.29 bits per heavy atom. The highest BCUT2D eigenvalue weighted by Crippen LogP contribution is 2.27. The van der Waals surface area contributed by atoms with Crippen LogP contribution in [0, 0.1) is 11.8 Å². The Balaban J connectivity index is 1.99. The van der Waals surface area contributed by atoms with Crippen molar-refractivity contribution in [3.8, 4) is 0 Å². The molecule has 0 spiro atoms. The number of carbonyl (C=O) groups excluding carboxylic acids is 1. The van der Waals surface area contributed by atoms with Crippen molar-refractivity contribution in [1.82, 2.24) is 4.90 Å². The predicted octanol–water partition coefficient (Wildman–Crippen LogP) is 1.70. The molecule has 6 heteroatoms. The van der Waals surface area contributed by atoms with Crippen molar-refractivity contribution in [3.63, 3.8) is 0 Å². The van der Waals surface area contributed by atoms with Crippen molar-refractivity contribution < 1.29 is 19.1 Å². The van der Waals surface area contributed by atoms with Crippen LogP contribution in [-0.4, -0.2) is 35.0 Å². The number of carbonyl (C=O) groups is 2. The van der Waals surface area contributed by atoms with Crippen LogP contribution in [0.1, 0.15) is 42.5 Å². The van der Waals surface area contributed by atoms with Crippen LogP contribution < -0.4 is 5.73 Å². The zero-order valence-corrected chi connectivity index (χ0v) is 12.2. The van der Waals surface area contributed by atoms with E-state index in [1.165, 1.54) is 0 Å². The van der Waals surface area contributed by atoms with Crippen molar-refractivity contribution in [2.45, 2.75) is 32.7 Å². The van der Waals surface area contributed by atoms with Crippen molar-refractivity contribution in [1.29, 1.82) is 0 Å². The Bertz CT molecular complexity index is 512. The molecule has 0 aliphatic carbocycles. The predicted molar refractivity (Wildman–Crippen MR) is 76.6 cm³/mol. The Hall–Kier alpha value is -1.82. The second-order valence-corrected chi connectivity index (χ2v) is 5.70. The number of carboxylic acids is 1. The highest BCUT2D eigenvalue weighted by atomic mass is 16.4. The number of hydrogen-bond acceptors (Lipinski definition) is 4. The molecule has 3 N–H and O–H groups in total. The van der Waals surface area contributed by atoms with E-state index in [0.717, 1.165) is 12.8 Å². The number of furan rings is 1. The summed E-state index contributed by atoms with van der Waals surface area (Å²) in [6.45, 7) is 3.48. The molecule has 2 heterocycles. The largest absolute Gasteiger partial charge is 0.481 e. The van der Waals surface area contributed by atoms with E-state index in [1.54, 1.807) is 17.0 Å². The minimum atomic E-state index is -0.787. The molecular weight excluding hydrogens is 272 g/mol. The topological polar surface area (TPSA) is 96.8 Å². The van der Waals surface area contributed by atoms with Crippen LogP contribution >= 0.6 is 0 Å². The van der Waals surface area contributed by atoms with Crippen LogP contribution in [0.2, 0.25) is 0 Å². The summed E-state index contributed by atoms with van der Waals surface area (Å²) >= 11 is 0. The number of likely N-dealkylation sites (tertiary alicyclic amines) is 1. The monoisotopic (exact) mass is 294 g/mol. The van der Waals surface area contributed by atoms with E-state index < -0.39 is 5.97 Å². The van der Waals surface area contributed by atoms with Crippen molar-refractivity contribution in [3.05, 3.63) is 23.7 Å². The molecule has 0 bridgehead atoms. The van der Waals surface area contributed by atoms with Crippen LogP contribution in [0.3, 0.4) is 0 Å². The van der Waals surface area contributed by atoms with Gasteiger partial charge in [0.25, 0.3) is 5.91 Å². The lowest BCUT2D eigenvalue weighted by Gasteiger charge is -2.35. The molecule has 0 aromatic carbocycles. The average Bonchev–Trinajstić information content (AvgIpc) is 2.95. The zero-order valence-electron chi connectivity index (χ0n) is 12.2. The minimum absolute atomic E-state index is 0.0642. The molecule has 1 amide bonds. The van der Waals surface area contributed by atoms with Crippen LogP contribution in [0.5, 0.6) is 0 Å². The first-order chi connectivity index (χ1) is 10.0. The second-order valence-electron chi connectivity index (χ2n) is 5.70. The van der Waals surface area contributed by atoms with E-state index in [4.69, 9.17) is 15.3 Å². The van der Waals surface area contributed by atoms with Crippen LogP contribution in [0.25, 0.3) is 0 Å². The summed E-state index contributed by atoms with van der Waals surface area (Å²) in [5, 5.41) is 8.89. The lowest BCUT2D eigenvalue weighted by molar-refractivity contribution is -0.138. The molecular formula is C15H22N2O4. The Morgan fingerprint density at radius 3 is 2.90 bits per heavy atom. The smallest absolute Gasteiger partial charge is 0.303 e. The molecule has 6 nitrogen and oxygen atoms in total. The van der Waals surface area contributed by atoms with Gasteiger partial charge in [0, 0.05) is 19.5 Å². The number of hydrogen-bond donors (Lipinski definition) is 2. The van der Waals surface area contributed by atoms with Crippen molar-refractivity contribution in [2.24, 2.45) is 17.6 Å². The maximum absolute atomic E-state index is 12.4. The molecule has 1 aliphatic heterocycles. The molecule has 21 heavy (non-hydrogen) atoms.